The lowest BCUT2D eigenvalue weighted by Crippen LogP contribution is -2.26. The molecule has 2 heterocycles. The Morgan fingerprint density at radius 2 is 2.24 bits per heavy atom. The number of H-pyrrole nitrogens is 1. The van der Waals surface area contributed by atoms with Gasteiger partial charge in [0.05, 0.1) is 6.04 Å². The largest absolute Gasteiger partial charge is 0.399 e. The molecule has 1 aromatic carbocycles. The zero-order chi connectivity index (χ0) is 15.0. The number of carbonyl (C=O) groups is 1. The number of aryl methyl sites for hydroxylation is 1. The normalized spacial score (nSPS) is 12.5. The molecule has 0 aliphatic rings. The maximum absolute atomic E-state index is 12.3. The highest BCUT2D eigenvalue weighted by atomic mass is 32.1. The maximum atomic E-state index is 12.3. The van der Waals surface area contributed by atoms with Gasteiger partial charge in [-0.25, -0.2) is 4.98 Å². The SMILES string of the molecule is Cc1cnc(C(C)NC(=O)c2cc3cc(N)ccc3[nH]2)s1. The van der Waals surface area contributed by atoms with Gasteiger partial charge in [0.2, 0.25) is 0 Å². The molecule has 0 bridgehead atoms. The predicted molar refractivity (Wildman–Crippen MR) is 85.4 cm³/mol. The third kappa shape index (κ3) is 2.75. The predicted octanol–water partition coefficient (Wildman–Crippen LogP) is 3.01. The Labute approximate surface area is 126 Å². The van der Waals surface area contributed by atoms with Crippen molar-refractivity contribution in [2.75, 3.05) is 5.73 Å². The summed E-state index contributed by atoms with van der Waals surface area (Å²) in [5.41, 5.74) is 7.85. The lowest BCUT2D eigenvalue weighted by atomic mass is 10.2. The number of nitrogens with two attached hydrogens (primary N) is 1. The molecule has 0 aliphatic carbocycles. The van der Waals surface area contributed by atoms with Crippen LogP contribution in [0.2, 0.25) is 0 Å². The number of amides is 1. The molecule has 0 radical (unpaired) electrons. The van der Waals surface area contributed by atoms with Gasteiger partial charge in [0.25, 0.3) is 5.91 Å². The first-order chi connectivity index (χ1) is 10.0. The highest BCUT2D eigenvalue weighted by Gasteiger charge is 2.15. The average molecular weight is 300 g/mol. The summed E-state index contributed by atoms with van der Waals surface area (Å²) < 4.78 is 0. The van der Waals surface area contributed by atoms with Crippen LogP contribution in [0.3, 0.4) is 0 Å². The van der Waals surface area contributed by atoms with Crippen molar-refractivity contribution in [1.29, 1.82) is 0 Å². The molecule has 0 saturated heterocycles. The third-order valence-electron chi connectivity index (χ3n) is 3.25. The van der Waals surface area contributed by atoms with Gasteiger partial charge in [0.15, 0.2) is 0 Å². The third-order valence-corrected chi connectivity index (χ3v) is 4.34. The lowest BCUT2D eigenvalue weighted by Gasteiger charge is -2.09. The van der Waals surface area contributed by atoms with Crippen molar-refractivity contribution in [1.82, 2.24) is 15.3 Å². The van der Waals surface area contributed by atoms with E-state index in [0.29, 0.717) is 11.4 Å². The zero-order valence-electron chi connectivity index (χ0n) is 11.8. The average Bonchev–Trinajstić information content (AvgIpc) is 3.04. The molecule has 5 nitrogen and oxygen atoms in total. The van der Waals surface area contributed by atoms with Gasteiger partial charge in [-0.05, 0) is 38.1 Å². The Balaban J connectivity index is 1.80. The molecule has 0 spiro atoms. The minimum atomic E-state index is -0.148. The van der Waals surface area contributed by atoms with Crippen molar-refractivity contribution in [3.8, 4) is 0 Å². The molecule has 1 atom stereocenters. The lowest BCUT2D eigenvalue weighted by molar-refractivity contribution is 0.0935. The van der Waals surface area contributed by atoms with E-state index in [1.165, 1.54) is 0 Å². The summed E-state index contributed by atoms with van der Waals surface area (Å²) in [6.45, 7) is 3.93. The van der Waals surface area contributed by atoms with E-state index in [1.54, 1.807) is 17.4 Å². The number of fused-ring (bicyclic) bond motifs is 1. The fourth-order valence-corrected chi connectivity index (χ4v) is 2.96. The summed E-state index contributed by atoms with van der Waals surface area (Å²) in [6, 6.07) is 7.21. The summed E-state index contributed by atoms with van der Waals surface area (Å²) in [6.07, 6.45) is 1.81. The molecule has 0 fully saturated rings. The number of thiazole rings is 1. The molecule has 3 rings (SSSR count). The highest BCUT2D eigenvalue weighted by molar-refractivity contribution is 7.11. The van der Waals surface area contributed by atoms with Gasteiger partial charge in [-0.2, -0.15) is 0 Å². The highest BCUT2D eigenvalue weighted by Crippen LogP contribution is 2.21. The molecule has 0 saturated carbocycles. The second-order valence-corrected chi connectivity index (χ2v) is 6.30. The minimum absolute atomic E-state index is 0.118. The van der Waals surface area contributed by atoms with Gasteiger partial charge in [-0.3, -0.25) is 4.79 Å². The van der Waals surface area contributed by atoms with Gasteiger partial charge in [0, 0.05) is 27.7 Å². The first-order valence-electron chi connectivity index (χ1n) is 6.64. The van der Waals surface area contributed by atoms with E-state index in [2.05, 4.69) is 15.3 Å². The van der Waals surface area contributed by atoms with Crippen molar-refractivity contribution >= 4 is 33.8 Å². The van der Waals surface area contributed by atoms with Crippen LogP contribution < -0.4 is 11.1 Å². The van der Waals surface area contributed by atoms with Crippen molar-refractivity contribution in [2.24, 2.45) is 0 Å². The summed E-state index contributed by atoms with van der Waals surface area (Å²) >= 11 is 1.59. The Morgan fingerprint density at radius 1 is 1.43 bits per heavy atom. The van der Waals surface area contributed by atoms with Crippen LogP contribution in [0.1, 0.15) is 33.3 Å². The quantitative estimate of drug-likeness (QED) is 0.650. The van der Waals surface area contributed by atoms with Crippen LogP contribution in [0.5, 0.6) is 0 Å². The van der Waals surface area contributed by atoms with Crippen LogP contribution in [0.15, 0.2) is 30.5 Å². The summed E-state index contributed by atoms with van der Waals surface area (Å²) in [5.74, 6) is -0.148. The van der Waals surface area contributed by atoms with E-state index in [0.717, 1.165) is 20.8 Å². The Kier molecular flexibility index (Phi) is 3.39. The van der Waals surface area contributed by atoms with Crippen LogP contribution in [0, 0.1) is 6.92 Å². The Morgan fingerprint density at radius 3 is 2.95 bits per heavy atom. The number of aromatic nitrogens is 2. The van der Waals surface area contributed by atoms with E-state index in [9.17, 15) is 4.79 Å². The van der Waals surface area contributed by atoms with E-state index >= 15 is 0 Å². The molecular formula is C15H16N4OS. The fraction of sp³-hybridized carbons (Fsp3) is 0.200. The molecule has 1 amide bonds. The number of carbonyl (C=O) groups excluding carboxylic acids is 1. The van der Waals surface area contributed by atoms with E-state index in [1.807, 2.05) is 38.2 Å². The number of hydrogen-bond donors (Lipinski definition) is 3. The van der Waals surface area contributed by atoms with E-state index < -0.39 is 0 Å². The summed E-state index contributed by atoms with van der Waals surface area (Å²) in [5, 5.41) is 4.78. The van der Waals surface area contributed by atoms with Crippen molar-refractivity contribution in [3.05, 3.63) is 46.0 Å². The van der Waals surface area contributed by atoms with Gasteiger partial charge in [-0.15, -0.1) is 11.3 Å². The first kappa shape index (κ1) is 13.6. The molecular weight excluding hydrogens is 284 g/mol. The second kappa shape index (κ2) is 5.21. The van der Waals surface area contributed by atoms with Crippen LogP contribution in [0.4, 0.5) is 5.69 Å². The summed E-state index contributed by atoms with van der Waals surface area (Å²) in [7, 11) is 0. The van der Waals surface area contributed by atoms with Crippen LogP contribution in [-0.4, -0.2) is 15.9 Å². The molecule has 4 N–H and O–H groups in total. The van der Waals surface area contributed by atoms with Crippen molar-refractivity contribution < 1.29 is 4.79 Å². The monoisotopic (exact) mass is 300 g/mol. The molecule has 1 unspecified atom stereocenters. The number of rotatable bonds is 3. The minimum Gasteiger partial charge on any atom is -0.399 e. The molecule has 21 heavy (non-hydrogen) atoms. The van der Waals surface area contributed by atoms with Crippen LogP contribution in [-0.2, 0) is 0 Å². The molecule has 3 aromatic rings. The molecule has 0 aliphatic heterocycles. The van der Waals surface area contributed by atoms with Crippen molar-refractivity contribution in [2.45, 2.75) is 19.9 Å². The Bertz CT molecular complexity index is 805. The Hall–Kier alpha value is -2.34. The smallest absolute Gasteiger partial charge is 0.268 e. The van der Waals surface area contributed by atoms with Crippen LogP contribution >= 0.6 is 11.3 Å². The molecule has 2 aromatic heterocycles. The standard InChI is InChI=1S/C15H16N4OS/c1-8-7-17-15(21-8)9(2)18-14(20)13-6-10-5-11(16)3-4-12(10)19-13/h3-7,9,19H,16H2,1-2H3,(H,18,20). The molecule has 108 valence electrons. The van der Waals surface area contributed by atoms with Crippen LogP contribution in [0.25, 0.3) is 10.9 Å². The fourth-order valence-electron chi connectivity index (χ4n) is 2.18. The van der Waals surface area contributed by atoms with E-state index in [-0.39, 0.29) is 11.9 Å². The summed E-state index contributed by atoms with van der Waals surface area (Å²) in [4.78, 5) is 20.8. The molecule has 6 heteroatoms. The van der Waals surface area contributed by atoms with Gasteiger partial charge in [-0.1, -0.05) is 0 Å². The van der Waals surface area contributed by atoms with Gasteiger partial charge in [0.1, 0.15) is 10.7 Å². The van der Waals surface area contributed by atoms with Gasteiger partial charge < -0.3 is 16.0 Å². The van der Waals surface area contributed by atoms with Gasteiger partial charge >= 0.3 is 0 Å². The van der Waals surface area contributed by atoms with Crippen molar-refractivity contribution in [3.63, 3.8) is 0 Å². The number of anilines is 1. The number of benzene rings is 1. The second-order valence-electron chi connectivity index (χ2n) is 5.03. The van der Waals surface area contributed by atoms with E-state index in [4.69, 9.17) is 5.73 Å². The number of nitrogens with one attached hydrogen (secondary N) is 2. The number of nitrogens with zero attached hydrogens (tertiary/aromatic N) is 1. The number of hydrogen-bond acceptors (Lipinski definition) is 4. The zero-order valence-corrected chi connectivity index (χ0v) is 12.6. The maximum Gasteiger partial charge on any atom is 0.268 e. The first-order valence-corrected chi connectivity index (χ1v) is 7.46. The number of nitrogen functional groups attached to an aromatic ring is 1. The number of aromatic amines is 1. The topological polar surface area (TPSA) is 83.8 Å².